The van der Waals surface area contributed by atoms with Crippen molar-refractivity contribution in [3.05, 3.63) is 22.9 Å². The van der Waals surface area contributed by atoms with E-state index >= 15 is 0 Å². The van der Waals surface area contributed by atoms with Crippen molar-refractivity contribution in [2.45, 2.75) is 42.0 Å². The van der Waals surface area contributed by atoms with Crippen LogP contribution < -0.4 is 15.2 Å². The van der Waals surface area contributed by atoms with Gasteiger partial charge in [-0.15, -0.1) is 0 Å². The number of benzene rings is 1. The second kappa shape index (κ2) is 10.2. The van der Waals surface area contributed by atoms with Crippen molar-refractivity contribution in [2.75, 3.05) is 32.2 Å². The molecule has 0 aliphatic carbocycles. The minimum atomic E-state index is -1.34. The predicted molar refractivity (Wildman–Crippen MR) is 130 cm³/mol. The molecule has 4 heterocycles. The summed E-state index contributed by atoms with van der Waals surface area (Å²) in [5.41, 5.74) is 6.66. The minimum Gasteiger partial charge on any atom is -0.454 e. The van der Waals surface area contributed by atoms with E-state index in [1.165, 1.54) is 11.8 Å². The predicted octanol–water partition coefficient (Wildman–Crippen LogP) is 1.98. The molecule has 4 aliphatic rings. The number of nitrogens with two attached hydrogens (primary N) is 1. The van der Waals surface area contributed by atoms with E-state index in [-0.39, 0.29) is 6.79 Å². The number of aliphatic hydroxyl groups is 2. The lowest BCUT2D eigenvalue weighted by Gasteiger charge is -2.33. The van der Waals surface area contributed by atoms with Gasteiger partial charge in [-0.25, -0.2) is 15.0 Å². The van der Waals surface area contributed by atoms with E-state index in [1.54, 1.807) is 11.2 Å². The summed E-state index contributed by atoms with van der Waals surface area (Å²) in [5, 5.41) is 19.1. The summed E-state index contributed by atoms with van der Waals surface area (Å²) in [6.45, 7) is 1.49. The number of nitrogens with zero attached hydrogens (tertiary/aromatic N) is 5. The van der Waals surface area contributed by atoms with Crippen LogP contribution in [0.2, 0.25) is 0 Å². The highest BCUT2D eigenvalue weighted by atomic mass is 79.9. The number of carbonyl (C=O) groups is 1. The monoisotopic (exact) mass is 564 g/mol. The van der Waals surface area contributed by atoms with Crippen LogP contribution in [0.1, 0.15) is 19.3 Å². The number of nitrogen functional groups attached to an aromatic ring is 1. The van der Waals surface area contributed by atoms with Crippen LogP contribution in [0.15, 0.2) is 33.0 Å². The number of imidazole rings is 1. The summed E-state index contributed by atoms with van der Waals surface area (Å²) in [6, 6.07) is 3.76. The van der Waals surface area contributed by atoms with E-state index < -0.39 is 18.6 Å². The molecule has 1 saturated heterocycles. The quantitative estimate of drug-likeness (QED) is 0.388. The first kappa shape index (κ1) is 24.1. The van der Waals surface area contributed by atoms with Crippen molar-refractivity contribution in [1.29, 1.82) is 0 Å². The molecule has 1 aromatic rings. The van der Waals surface area contributed by atoms with E-state index in [0.717, 1.165) is 28.6 Å². The molecule has 1 unspecified atom stereocenters. The number of aliphatic hydroxyl groups excluding tert-OH is 2. The summed E-state index contributed by atoms with van der Waals surface area (Å²) in [5.74, 6) is 2.40. The van der Waals surface area contributed by atoms with E-state index in [0.29, 0.717) is 59.5 Å². The zero-order valence-electron chi connectivity index (χ0n) is 18.8. The largest absolute Gasteiger partial charge is 0.454 e. The van der Waals surface area contributed by atoms with Crippen LogP contribution in [0.3, 0.4) is 0 Å². The molecule has 5 rings (SSSR count). The third-order valence-electron chi connectivity index (χ3n) is 6.26. The van der Waals surface area contributed by atoms with Crippen molar-refractivity contribution < 1.29 is 24.5 Å². The van der Waals surface area contributed by atoms with Crippen LogP contribution in [0.4, 0.5) is 5.82 Å². The summed E-state index contributed by atoms with van der Waals surface area (Å²) in [4.78, 5) is 28.2. The Bertz CT molecular complexity index is 1200. The second-order valence-electron chi connectivity index (χ2n) is 8.50. The number of likely N-dealkylation sites (tertiary alicyclic amines) is 1. The van der Waals surface area contributed by atoms with Gasteiger partial charge in [-0.05, 0) is 65.0 Å². The van der Waals surface area contributed by atoms with Gasteiger partial charge >= 0.3 is 0 Å². The molecule has 0 bridgehead atoms. The zero-order valence-corrected chi connectivity index (χ0v) is 21.2. The van der Waals surface area contributed by atoms with Crippen LogP contribution >= 0.6 is 27.7 Å². The first-order valence-corrected chi connectivity index (χ1v) is 12.9. The Morgan fingerprint density at radius 2 is 2.00 bits per heavy atom. The van der Waals surface area contributed by atoms with E-state index in [4.69, 9.17) is 25.3 Å². The molecule has 1 aromatic carbocycles. The van der Waals surface area contributed by atoms with E-state index in [9.17, 15) is 9.90 Å². The standard InChI is InChI=1S/C22H25BrN6O5S/c23-13-7-15-16(34-11-33-15)8-17(13)35-22-26-18-19(24)25-10-29(20(18)27-22)6-3-12-1-4-28(5-2-12)21(32)14(31)9-30/h7-8,10,12,14,30-31H,1-6,9,11,24H2. The van der Waals surface area contributed by atoms with E-state index in [2.05, 4.69) is 25.9 Å². The Morgan fingerprint density at radius 3 is 2.74 bits per heavy atom. The Hall–Kier alpha value is -2.61. The van der Waals surface area contributed by atoms with Gasteiger partial charge in [-0.3, -0.25) is 4.79 Å². The number of aryl methyl sites for hydroxylation is 1. The molecule has 1 amide bonds. The highest BCUT2D eigenvalue weighted by Gasteiger charge is 2.27. The molecule has 0 saturated carbocycles. The van der Waals surface area contributed by atoms with Crippen LogP contribution in [0.25, 0.3) is 11.5 Å². The minimum absolute atomic E-state index is 0.203. The molecule has 1 atom stereocenters. The maximum atomic E-state index is 12.1. The van der Waals surface area contributed by atoms with Crippen LogP contribution in [0.5, 0.6) is 11.5 Å². The average Bonchev–Trinajstić information content (AvgIpc) is 3.50. The van der Waals surface area contributed by atoms with Gasteiger partial charge in [0.25, 0.3) is 5.91 Å². The summed E-state index contributed by atoms with van der Waals surface area (Å²) < 4.78 is 13.7. The summed E-state index contributed by atoms with van der Waals surface area (Å²) in [6.07, 6.45) is 2.91. The van der Waals surface area contributed by atoms with Crippen molar-refractivity contribution >= 4 is 39.4 Å². The number of hydrogen-bond acceptors (Lipinski definition) is 10. The molecular weight excluding hydrogens is 540 g/mol. The number of halogens is 1. The number of fused-ring (bicyclic) bond motifs is 2. The van der Waals surface area contributed by atoms with Gasteiger partial charge in [0.1, 0.15) is 0 Å². The maximum Gasteiger partial charge on any atom is 0.253 e. The number of anilines is 1. The Labute approximate surface area is 214 Å². The van der Waals surface area contributed by atoms with Gasteiger partial charge in [0.05, 0.1) is 12.9 Å². The zero-order chi connectivity index (χ0) is 24.5. The van der Waals surface area contributed by atoms with Gasteiger partial charge in [0, 0.05) is 29.0 Å². The fourth-order valence-electron chi connectivity index (χ4n) is 4.27. The highest BCUT2D eigenvalue weighted by molar-refractivity contribution is 9.10. The van der Waals surface area contributed by atoms with E-state index in [1.807, 2.05) is 16.7 Å². The number of amides is 1. The van der Waals surface area contributed by atoms with Crippen LogP contribution in [0, 0.1) is 5.92 Å². The average molecular weight is 565 g/mol. The Balaban J connectivity index is 1.26. The second-order valence-corrected chi connectivity index (χ2v) is 10.4. The molecule has 13 heteroatoms. The van der Waals surface area contributed by atoms with Crippen molar-refractivity contribution in [3.8, 4) is 23.0 Å². The Morgan fingerprint density at radius 1 is 1.26 bits per heavy atom. The number of piperidine rings is 1. The third kappa shape index (κ3) is 5.03. The lowest BCUT2D eigenvalue weighted by atomic mass is 9.93. The number of hydrogen-bond donors (Lipinski definition) is 3. The van der Waals surface area contributed by atoms with Crippen molar-refractivity contribution in [1.82, 2.24) is 24.4 Å². The molecule has 4 N–H and O–H groups in total. The molecule has 0 spiro atoms. The fraction of sp³-hybridized carbons (Fsp3) is 0.455. The lowest BCUT2D eigenvalue weighted by molar-refractivity contribution is -0.143. The van der Waals surface area contributed by atoms with Crippen molar-refractivity contribution in [3.63, 3.8) is 0 Å². The number of carbonyl (C=O) groups excluding carboxylic acids is 1. The van der Waals surface area contributed by atoms with Gasteiger partial charge in [0.2, 0.25) is 6.79 Å². The molecule has 0 radical (unpaired) electrons. The third-order valence-corrected chi connectivity index (χ3v) is 8.10. The number of aromatic nitrogens is 4. The van der Waals surface area contributed by atoms with Crippen LogP contribution in [-0.4, -0.2) is 73.1 Å². The number of rotatable bonds is 7. The molecule has 35 heavy (non-hydrogen) atoms. The Kier molecular flexibility index (Phi) is 7.00. The summed E-state index contributed by atoms with van der Waals surface area (Å²) >= 11 is 4.97. The number of ether oxygens (including phenoxy) is 2. The van der Waals surface area contributed by atoms with Gasteiger partial charge < -0.3 is 34.9 Å². The molecule has 11 nitrogen and oxygen atoms in total. The van der Waals surface area contributed by atoms with Crippen LogP contribution in [-0.2, 0) is 11.3 Å². The molecule has 1 fully saturated rings. The lowest BCUT2D eigenvalue weighted by Crippen LogP contribution is -2.45. The van der Waals surface area contributed by atoms with Gasteiger partial charge in [-0.2, -0.15) is 0 Å². The van der Waals surface area contributed by atoms with Gasteiger partial charge in [-0.1, -0.05) is 0 Å². The normalized spacial score (nSPS) is 16.7. The fourth-order valence-corrected chi connectivity index (χ4v) is 5.62. The first-order valence-electron chi connectivity index (χ1n) is 11.3. The molecule has 4 aliphatic heterocycles. The van der Waals surface area contributed by atoms with Gasteiger partial charge in [0.15, 0.2) is 40.1 Å². The van der Waals surface area contributed by atoms with Crippen molar-refractivity contribution in [2.24, 2.45) is 5.92 Å². The molecular formula is C22H25BrN6O5S. The highest BCUT2D eigenvalue weighted by Crippen LogP contribution is 2.43. The topological polar surface area (TPSA) is 149 Å². The first-order chi connectivity index (χ1) is 16.9. The molecule has 0 aromatic heterocycles. The maximum absolute atomic E-state index is 12.1. The SMILES string of the molecule is Nc1ncn(CCC2CCN(C(=O)C(O)CO)CC2)c2nc(Sc3cc4c(cc3Br)OCO4)nc1-2. The molecule has 186 valence electrons. The summed E-state index contributed by atoms with van der Waals surface area (Å²) in [7, 11) is 0. The smallest absolute Gasteiger partial charge is 0.253 e.